The maximum atomic E-state index is 3.99. The van der Waals surface area contributed by atoms with Gasteiger partial charge in [0.15, 0.2) is 0 Å². The van der Waals surface area contributed by atoms with Crippen LogP contribution in [0.2, 0.25) is 0 Å². The van der Waals surface area contributed by atoms with Crippen molar-refractivity contribution in [2.45, 2.75) is 102 Å². The van der Waals surface area contributed by atoms with Crippen LogP contribution in [-0.4, -0.2) is 12.1 Å². The summed E-state index contributed by atoms with van der Waals surface area (Å²) >= 11 is 0. The van der Waals surface area contributed by atoms with Crippen LogP contribution in [0, 0.1) is 5.92 Å². The van der Waals surface area contributed by atoms with E-state index in [0.717, 1.165) is 18.0 Å². The predicted molar refractivity (Wildman–Crippen MR) is 79.9 cm³/mol. The fourth-order valence-corrected chi connectivity index (χ4v) is 3.98. The van der Waals surface area contributed by atoms with Crippen LogP contribution in [-0.2, 0) is 0 Å². The zero-order valence-electron chi connectivity index (χ0n) is 12.4. The van der Waals surface area contributed by atoms with Gasteiger partial charge in [-0.3, -0.25) is 0 Å². The van der Waals surface area contributed by atoms with Gasteiger partial charge >= 0.3 is 0 Å². The lowest BCUT2D eigenvalue weighted by molar-refractivity contribution is 0.249. The highest BCUT2D eigenvalue weighted by atomic mass is 14.9. The first kappa shape index (κ1) is 14.4. The van der Waals surface area contributed by atoms with Crippen molar-refractivity contribution in [1.82, 2.24) is 5.32 Å². The molecule has 1 heteroatoms. The minimum atomic E-state index is 0.845. The smallest absolute Gasteiger partial charge is 0.00698 e. The van der Waals surface area contributed by atoms with Crippen LogP contribution < -0.4 is 5.32 Å². The first-order valence-electron chi connectivity index (χ1n) is 8.64. The molecule has 0 aromatic rings. The van der Waals surface area contributed by atoms with E-state index in [2.05, 4.69) is 12.2 Å². The highest BCUT2D eigenvalue weighted by molar-refractivity contribution is 4.81. The third-order valence-electron chi connectivity index (χ3n) is 5.12. The SMILES string of the molecule is CCCC1CCC(NC2CCCCCCC2)CC1. The molecule has 0 amide bonds. The molecule has 1 N–H and O–H groups in total. The van der Waals surface area contributed by atoms with Gasteiger partial charge in [0.05, 0.1) is 0 Å². The normalized spacial score (nSPS) is 31.8. The van der Waals surface area contributed by atoms with Crippen molar-refractivity contribution in [2.24, 2.45) is 5.92 Å². The Morgan fingerprint density at radius 3 is 1.89 bits per heavy atom. The molecule has 106 valence electrons. The van der Waals surface area contributed by atoms with E-state index in [1.807, 2.05) is 0 Å². The summed E-state index contributed by atoms with van der Waals surface area (Å²) in [5.74, 6) is 1.05. The molecule has 0 bridgehead atoms. The highest BCUT2D eigenvalue weighted by Crippen LogP contribution is 2.28. The van der Waals surface area contributed by atoms with Gasteiger partial charge in [0.2, 0.25) is 0 Å². The van der Waals surface area contributed by atoms with Crippen molar-refractivity contribution in [1.29, 1.82) is 0 Å². The van der Waals surface area contributed by atoms with Crippen LogP contribution >= 0.6 is 0 Å². The molecular formula is C17H33N. The molecule has 2 aliphatic carbocycles. The van der Waals surface area contributed by atoms with Crippen LogP contribution in [0.1, 0.15) is 90.4 Å². The van der Waals surface area contributed by atoms with E-state index in [9.17, 15) is 0 Å². The Kier molecular flexibility index (Phi) is 6.54. The Bertz CT molecular complexity index is 198. The minimum Gasteiger partial charge on any atom is -0.311 e. The van der Waals surface area contributed by atoms with Crippen LogP contribution in [0.25, 0.3) is 0 Å². The number of rotatable bonds is 4. The third-order valence-corrected chi connectivity index (χ3v) is 5.12. The number of nitrogens with one attached hydrogen (secondary N) is 1. The molecule has 2 fully saturated rings. The minimum absolute atomic E-state index is 0.845. The summed E-state index contributed by atoms with van der Waals surface area (Å²) in [6.07, 6.45) is 18.9. The molecule has 0 spiro atoms. The van der Waals surface area contributed by atoms with Crippen molar-refractivity contribution in [2.75, 3.05) is 0 Å². The molecule has 0 aliphatic heterocycles. The van der Waals surface area contributed by atoms with Crippen molar-refractivity contribution in [3.8, 4) is 0 Å². The lowest BCUT2D eigenvalue weighted by atomic mass is 9.83. The van der Waals surface area contributed by atoms with Gasteiger partial charge in [0, 0.05) is 12.1 Å². The van der Waals surface area contributed by atoms with Gasteiger partial charge in [-0.25, -0.2) is 0 Å². The summed E-state index contributed by atoms with van der Waals surface area (Å²) in [6, 6.07) is 1.69. The van der Waals surface area contributed by atoms with Crippen LogP contribution in [0.4, 0.5) is 0 Å². The summed E-state index contributed by atoms with van der Waals surface area (Å²) in [5, 5.41) is 3.99. The summed E-state index contributed by atoms with van der Waals surface area (Å²) in [6.45, 7) is 2.33. The first-order valence-corrected chi connectivity index (χ1v) is 8.64. The highest BCUT2D eigenvalue weighted by Gasteiger charge is 2.22. The topological polar surface area (TPSA) is 12.0 Å². The van der Waals surface area contributed by atoms with Gasteiger partial charge in [0.1, 0.15) is 0 Å². The zero-order chi connectivity index (χ0) is 12.6. The van der Waals surface area contributed by atoms with Crippen LogP contribution in [0.3, 0.4) is 0 Å². The molecular weight excluding hydrogens is 218 g/mol. The van der Waals surface area contributed by atoms with E-state index >= 15 is 0 Å². The van der Waals surface area contributed by atoms with E-state index in [1.54, 1.807) is 0 Å². The second-order valence-corrected chi connectivity index (χ2v) is 6.72. The average molecular weight is 251 g/mol. The van der Waals surface area contributed by atoms with Crippen molar-refractivity contribution in [3.05, 3.63) is 0 Å². The molecule has 0 aromatic heterocycles. The van der Waals surface area contributed by atoms with E-state index in [-0.39, 0.29) is 0 Å². The maximum absolute atomic E-state index is 3.99. The van der Waals surface area contributed by atoms with Crippen molar-refractivity contribution >= 4 is 0 Å². The molecule has 18 heavy (non-hydrogen) atoms. The lowest BCUT2D eigenvalue weighted by Crippen LogP contribution is -2.40. The molecule has 0 heterocycles. The van der Waals surface area contributed by atoms with E-state index in [1.165, 1.54) is 83.5 Å². The van der Waals surface area contributed by atoms with Crippen LogP contribution in [0.5, 0.6) is 0 Å². The van der Waals surface area contributed by atoms with E-state index in [0.29, 0.717) is 0 Å². The van der Waals surface area contributed by atoms with E-state index < -0.39 is 0 Å². The standard InChI is InChI=1S/C17H33N/c1-2-8-15-11-13-17(14-12-15)18-16-9-6-4-3-5-7-10-16/h15-18H,2-14H2,1H3. The largest absolute Gasteiger partial charge is 0.311 e. The summed E-state index contributed by atoms with van der Waals surface area (Å²) < 4.78 is 0. The third kappa shape index (κ3) is 4.91. The van der Waals surface area contributed by atoms with Gasteiger partial charge in [-0.05, 0) is 44.4 Å². The van der Waals surface area contributed by atoms with Gasteiger partial charge in [-0.15, -0.1) is 0 Å². The fraction of sp³-hybridized carbons (Fsp3) is 1.00. The molecule has 0 unspecified atom stereocenters. The molecule has 2 rings (SSSR count). The second kappa shape index (κ2) is 8.19. The summed E-state index contributed by atoms with van der Waals surface area (Å²) in [5.41, 5.74) is 0. The molecule has 0 aromatic carbocycles. The summed E-state index contributed by atoms with van der Waals surface area (Å²) in [4.78, 5) is 0. The Hall–Kier alpha value is -0.0400. The molecule has 2 aliphatic rings. The van der Waals surface area contributed by atoms with E-state index in [4.69, 9.17) is 0 Å². The Balaban J connectivity index is 1.66. The van der Waals surface area contributed by atoms with Crippen LogP contribution in [0.15, 0.2) is 0 Å². The Morgan fingerprint density at radius 2 is 1.28 bits per heavy atom. The Morgan fingerprint density at radius 1 is 0.722 bits per heavy atom. The zero-order valence-corrected chi connectivity index (χ0v) is 12.4. The quantitative estimate of drug-likeness (QED) is 0.737. The first-order chi connectivity index (χ1) is 8.88. The number of hydrogen-bond acceptors (Lipinski definition) is 1. The molecule has 0 atom stereocenters. The monoisotopic (exact) mass is 251 g/mol. The Labute approximate surface area is 114 Å². The van der Waals surface area contributed by atoms with Gasteiger partial charge in [0.25, 0.3) is 0 Å². The lowest BCUT2D eigenvalue weighted by Gasteiger charge is -2.33. The predicted octanol–water partition coefficient (Wildman–Crippen LogP) is 5.05. The fourth-order valence-electron chi connectivity index (χ4n) is 3.98. The summed E-state index contributed by atoms with van der Waals surface area (Å²) in [7, 11) is 0. The maximum Gasteiger partial charge on any atom is 0.00698 e. The van der Waals surface area contributed by atoms with Crippen molar-refractivity contribution < 1.29 is 0 Å². The second-order valence-electron chi connectivity index (χ2n) is 6.72. The average Bonchev–Trinajstić information content (AvgIpc) is 2.35. The van der Waals surface area contributed by atoms with Crippen molar-refractivity contribution in [3.63, 3.8) is 0 Å². The molecule has 1 nitrogen and oxygen atoms in total. The van der Waals surface area contributed by atoms with Gasteiger partial charge < -0.3 is 5.32 Å². The number of hydrogen-bond donors (Lipinski definition) is 1. The van der Waals surface area contributed by atoms with Gasteiger partial charge in [-0.2, -0.15) is 0 Å². The van der Waals surface area contributed by atoms with Gasteiger partial charge in [-0.1, -0.05) is 51.9 Å². The molecule has 0 saturated heterocycles. The molecule has 2 saturated carbocycles. The molecule has 0 radical (unpaired) electrons.